The van der Waals surface area contributed by atoms with Gasteiger partial charge in [-0.15, -0.1) is 0 Å². The van der Waals surface area contributed by atoms with Crippen LogP contribution in [0.15, 0.2) is 24.3 Å². The second-order valence-electron chi connectivity index (χ2n) is 4.32. The molecule has 0 aliphatic rings. The minimum absolute atomic E-state index is 0.0169. The third kappa shape index (κ3) is 4.57. The van der Waals surface area contributed by atoms with Gasteiger partial charge < -0.3 is 9.64 Å². The van der Waals surface area contributed by atoms with Gasteiger partial charge in [0.1, 0.15) is 5.75 Å². The molecule has 0 saturated carbocycles. The number of carbonyl (C=O) groups is 2. The number of ether oxygens (including phenoxy) is 1. The normalized spacial score (nSPS) is 9.94. The molecule has 4 nitrogen and oxygen atoms in total. The lowest BCUT2D eigenvalue weighted by Crippen LogP contribution is -2.21. The molecule has 0 radical (unpaired) electrons. The first-order valence-corrected chi connectivity index (χ1v) is 5.94. The van der Waals surface area contributed by atoms with E-state index in [1.807, 2.05) is 0 Å². The van der Waals surface area contributed by atoms with Crippen molar-refractivity contribution < 1.29 is 14.3 Å². The predicted molar refractivity (Wildman–Crippen MR) is 69.9 cm³/mol. The summed E-state index contributed by atoms with van der Waals surface area (Å²) >= 11 is 0. The van der Waals surface area contributed by atoms with Crippen LogP contribution in [0.2, 0.25) is 0 Å². The standard InChI is InChI=1S/C14H19NO3/c1-11(16)12-6-4-7-13(10-12)18-9-5-8-14(17)15(2)3/h4,6-7,10H,5,8-9H2,1-3H3. The molecular formula is C14H19NO3. The average Bonchev–Trinajstić information content (AvgIpc) is 2.34. The SMILES string of the molecule is CC(=O)c1cccc(OCCCC(=O)N(C)C)c1. The van der Waals surface area contributed by atoms with E-state index in [1.54, 1.807) is 43.3 Å². The molecule has 0 spiro atoms. The molecule has 0 unspecified atom stereocenters. The number of benzene rings is 1. The van der Waals surface area contributed by atoms with Crippen molar-refractivity contribution in [3.05, 3.63) is 29.8 Å². The molecule has 0 N–H and O–H groups in total. The van der Waals surface area contributed by atoms with Crippen molar-refractivity contribution >= 4 is 11.7 Å². The zero-order valence-corrected chi connectivity index (χ0v) is 11.1. The molecule has 1 rings (SSSR count). The quantitative estimate of drug-likeness (QED) is 0.573. The number of nitrogens with zero attached hydrogens (tertiary/aromatic N) is 1. The van der Waals surface area contributed by atoms with Gasteiger partial charge in [0.25, 0.3) is 0 Å². The van der Waals surface area contributed by atoms with Crippen molar-refractivity contribution in [2.75, 3.05) is 20.7 Å². The summed E-state index contributed by atoms with van der Waals surface area (Å²) in [6, 6.07) is 7.07. The largest absolute Gasteiger partial charge is 0.494 e. The summed E-state index contributed by atoms with van der Waals surface area (Å²) in [7, 11) is 3.47. The summed E-state index contributed by atoms with van der Waals surface area (Å²) in [5.41, 5.74) is 0.636. The van der Waals surface area contributed by atoms with Crippen molar-refractivity contribution in [1.29, 1.82) is 0 Å². The summed E-state index contributed by atoms with van der Waals surface area (Å²) in [6.45, 7) is 2.00. The summed E-state index contributed by atoms with van der Waals surface area (Å²) in [5, 5.41) is 0. The number of carbonyl (C=O) groups excluding carboxylic acids is 2. The molecule has 4 heteroatoms. The Kier molecular flexibility index (Phi) is 5.36. The van der Waals surface area contributed by atoms with Crippen LogP contribution in [0.4, 0.5) is 0 Å². The second-order valence-corrected chi connectivity index (χ2v) is 4.32. The monoisotopic (exact) mass is 249 g/mol. The van der Waals surface area contributed by atoms with Crippen LogP contribution in [-0.2, 0) is 4.79 Å². The van der Waals surface area contributed by atoms with Gasteiger partial charge in [0.05, 0.1) is 6.61 Å². The molecule has 1 aromatic carbocycles. The first kappa shape index (κ1) is 14.2. The molecule has 0 aliphatic heterocycles. The number of amides is 1. The van der Waals surface area contributed by atoms with E-state index < -0.39 is 0 Å². The minimum Gasteiger partial charge on any atom is -0.494 e. The van der Waals surface area contributed by atoms with Crippen LogP contribution in [0.25, 0.3) is 0 Å². The van der Waals surface area contributed by atoms with Crippen molar-refractivity contribution in [2.45, 2.75) is 19.8 Å². The Labute approximate surface area is 108 Å². The highest BCUT2D eigenvalue weighted by atomic mass is 16.5. The zero-order chi connectivity index (χ0) is 13.5. The second kappa shape index (κ2) is 6.79. The van der Waals surface area contributed by atoms with E-state index in [1.165, 1.54) is 6.92 Å². The number of hydrogen-bond donors (Lipinski definition) is 0. The highest BCUT2D eigenvalue weighted by Crippen LogP contribution is 2.14. The van der Waals surface area contributed by atoms with Crippen molar-refractivity contribution in [3.63, 3.8) is 0 Å². The Bertz CT molecular complexity index is 427. The fraction of sp³-hybridized carbons (Fsp3) is 0.429. The Morgan fingerprint density at radius 2 is 2.00 bits per heavy atom. The first-order chi connectivity index (χ1) is 8.50. The van der Waals surface area contributed by atoms with Crippen LogP contribution in [0.5, 0.6) is 5.75 Å². The van der Waals surface area contributed by atoms with Crippen molar-refractivity contribution in [3.8, 4) is 5.75 Å². The number of hydrogen-bond acceptors (Lipinski definition) is 3. The Morgan fingerprint density at radius 1 is 1.28 bits per heavy atom. The van der Waals surface area contributed by atoms with Gasteiger partial charge in [-0.25, -0.2) is 0 Å². The lowest BCUT2D eigenvalue weighted by atomic mass is 10.1. The Hall–Kier alpha value is -1.84. The fourth-order valence-electron chi connectivity index (χ4n) is 1.44. The van der Waals surface area contributed by atoms with Crippen LogP contribution >= 0.6 is 0 Å². The highest BCUT2D eigenvalue weighted by molar-refractivity contribution is 5.94. The van der Waals surface area contributed by atoms with Crippen LogP contribution in [-0.4, -0.2) is 37.3 Å². The fourth-order valence-corrected chi connectivity index (χ4v) is 1.44. The molecule has 0 fully saturated rings. The molecule has 1 amide bonds. The molecule has 0 atom stereocenters. The smallest absolute Gasteiger partial charge is 0.222 e. The molecule has 0 saturated heterocycles. The van der Waals surface area contributed by atoms with E-state index in [9.17, 15) is 9.59 Å². The number of Topliss-reactive ketones (excluding diaryl/α,β-unsaturated/α-hetero) is 1. The van der Waals surface area contributed by atoms with Crippen LogP contribution < -0.4 is 4.74 Å². The van der Waals surface area contributed by atoms with E-state index in [-0.39, 0.29) is 11.7 Å². The minimum atomic E-state index is 0.0169. The molecule has 0 aliphatic carbocycles. The lowest BCUT2D eigenvalue weighted by molar-refractivity contribution is -0.128. The molecular weight excluding hydrogens is 230 g/mol. The maximum Gasteiger partial charge on any atom is 0.222 e. The summed E-state index contributed by atoms with van der Waals surface area (Å²) in [5.74, 6) is 0.777. The predicted octanol–water partition coefficient (Wildman–Crippen LogP) is 2.14. The third-order valence-electron chi connectivity index (χ3n) is 2.54. The first-order valence-electron chi connectivity index (χ1n) is 5.94. The van der Waals surface area contributed by atoms with Crippen LogP contribution in [0, 0.1) is 0 Å². The van der Waals surface area contributed by atoms with Crippen molar-refractivity contribution in [2.24, 2.45) is 0 Å². The van der Waals surface area contributed by atoms with Gasteiger partial charge in [0.2, 0.25) is 5.91 Å². The van der Waals surface area contributed by atoms with E-state index in [4.69, 9.17) is 4.74 Å². The third-order valence-corrected chi connectivity index (χ3v) is 2.54. The van der Waals surface area contributed by atoms with Gasteiger partial charge in [-0.3, -0.25) is 9.59 Å². The molecule has 0 aromatic heterocycles. The van der Waals surface area contributed by atoms with Gasteiger partial charge in [-0.05, 0) is 25.5 Å². The maximum atomic E-state index is 11.3. The van der Waals surface area contributed by atoms with Crippen LogP contribution in [0.1, 0.15) is 30.1 Å². The summed E-state index contributed by atoms with van der Waals surface area (Å²) < 4.78 is 5.50. The van der Waals surface area contributed by atoms with E-state index in [0.29, 0.717) is 30.8 Å². The topological polar surface area (TPSA) is 46.6 Å². The number of rotatable bonds is 6. The van der Waals surface area contributed by atoms with E-state index >= 15 is 0 Å². The van der Waals surface area contributed by atoms with Gasteiger partial charge in [-0.2, -0.15) is 0 Å². The van der Waals surface area contributed by atoms with Gasteiger partial charge in [0.15, 0.2) is 5.78 Å². The summed E-state index contributed by atoms with van der Waals surface area (Å²) in [6.07, 6.45) is 1.14. The molecule has 0 bridgehead atoms. The molecule has 98 valence electrons. The average molecular weight is 249 g/mol. The molecule has 18 heavy (non-hydrogen) atoms. The maximum absolute atomic E-state index is 11.3. The van der Waals surface area contributed by atoms with E-state index in [0.717, 1.165) is 0 Å². The highest BCUT2D eigenvalue weighted by Gasteiger charge is 2.04. The Balaban J connectivity index is 2.38. The van der Waals surface area contributed by atoms with Gasteiger partial charge in [-0.1, -0.05) is 12.1 Å². The summed E-state index contributed by atoms with van der Waals surface area (Å²) in [4.78, 5) is 24.1. The zero-order valence-electron chi connectivity index (χ0n) is 11.1. The Morgan fingerprint density at radius 3 is 2.61 bits per heavy atom. The van der Waals surface area contributed by atoms with Crippen LogP contribution in [0.3, 0.4) is 0 Å². The molecule has 0 heterocycles. The number of ketones is 1. The molecule has 1 aromatic rings. The van der Waals surface area contributed by atoms with Crippen molar-refractivity contribution in [1.82, 2.24) is 4.90 Å². The van der Waals surface area contributed by atoms with Gasteiger partial charge in [0, 0.05) is 26.1 Å². The van der Waals surface area contributed by atoms with Gasteiger partial charge >= 0.3 is 0 Å². The lowest BCUT2D eigenvalue weighted by Gasteiger charge is -2.10. The van der Waals surface area contributed by atoms with E-state index in [2.05, 4.69) is 0 Å².